The number of sulfone groups is 1. The van der Waals surface area contributed by atoms with Gasteiger partial charge < -0.3 is 5.32 Å². The lowest BCUT2D eigenvalue weighted by Crippen LogP contribution is -2.31. The molecule has 1 atom stereocenters. The molecule has 3 nitrogen and oxygen atoms in total. The summed E-state index contributed by atoms with van der Waals surface area (Å²) in [6, 6.07) is 6.15. The van der Waals surface area contributed by atoms with Crippen molar-refractivity contribution < 1.29 is 8.42 Å². The van der Waals surface area contributed by atoms with Crippen LogP contribution in [0.15, 0.2) is 29.2 Å². The number of nitrogens with one attached hydrogen (secondary N) is 1. The van der Waals surface area contributed by atoms with Crippen molar-refractivity contribution in [2.45, 2.75) is 17.1 Å². The Morgan fingerprint density at radius 2 is 2.00 bits per heavy atom. The minimum absolute atomic E-state index is 0.275. The summed E-state index contributed by atoms with van der Waals surface area (Å²) < 4.78 is 24.2. The number of halogens is 1. The zero-order chi connectivity index (χ0) is 12.9. The lowest BCUT2D eigenvalue weighted by atomic mass is 10.4. The molecule has 0 saturated carbocycles. The third kappa shape index (κ3) is 3.74. The number of hydrogen-bond acceptors (Lipinski definition) is 3. The molecule has 0 radical (unpaired) electrons. The molecule has 0 bridgehead atoms. The first kappa shape index (κ1) is 14.0. The normalized spacial score (nSPS) is 13.0. The van der Waals surface area contributed by atoms with Gasteiger partial charge in [0.2, 0.25) is 0 Å². The van der Waals surface area contributed by atoms with Gasteiger partial charge in [0.1, 0.15) is 0 Å². The van der Waals surface area contributed by atoms with Crippen LogP contribution in [0.1, 0.15) is 6.92 Å². The van der Waals surface area contributed by atoms with Crippen LogP contribution in [0.25, 0.3) is 0 Å². The summed E-state index contributed by atoms with van der Waals surface area (Å²) in [5.41, 5.74) is 0. The van der Waals surface area contributed by atoms with Crippen molar-refractivity contribution >= 4 is 21.4 Å². The molecule has 0 aromatic heterocycles. The lowest BCUT2D eigenvalue weighted by molar-refractivity contribution is 0.576. The molecule has 0 spiro atoms. The van der Waals surface area contributed by atoms with Crippen LogP contribution in [0.4, 0.5) is 0 Å². The highest BCUT2D eigenvalue weighted by atomic mass is 35.5. The third-order valence-corrected chi connectivity index (χ3v) is 4.74. The van der Waals surface area contributed by atoms with Crippen LogP contribution in [-0.4, -0.2) is 26.8 Å². The van der Waals surface area contributed by atoms with Crippen molar-refractivity contribution in [3.05, 3.63) is 29.3 Å². The van der Waals surface area contributed by atoms with E-state index in [2.05, 4.69) is 11.2 Å². The molecule has 1 N–H and O–H groups in total. The molecule has 0 saturated heterocycles. The number of terminal acetylenes is 1. The first-order valence-corrected chi connectivity index (χ1v) is 7.04. The van der Waals surface area contributed by atoms with E-state index in [0.29, 0.717) is 18.1 Å². The zero-order valence-corrected chi connectivity index (χ0v) is 11.1. The molecule has 1 aromatic rings. The molecule has 0 amide bonds. The summed E-state index contributed by atoms with van der Waals surface area (Å²) in [5, 5.41) is 2.87. The topological polar surface area (TPSA) is 46.2 Å². The van der Waals surface area contributed by atoms with Crippen LogP contribution in [0.2, 0.25) is 5.02 Å². The molecular formula is C12H14ClNO2S. The Labute approximate surface area is 107 Å². The van der Waals surface area contributed by atoms with Gasteiger partial charge in [0.25, 0.3) is 0 Å². The summed E-state index contributed by atoms with van der Waals surface area (Å²) in [4.78, 5) is 0.275. The average molecular weight is 272 g/mol. The van der Waals surface area contributed by atoms with Crippen LogP contribution in [0.5, 0.6) is 0 Å². The van der Waals surface area contributed by atoms with Crippen LogP contribution in [-0.2, 0) is 9.84 Å². The van der Waals surface area contributed by atoms with Crippen LogP contribution >= 0.6 is 11.6 Å². The van der Waals surface area contributed by atoms with E-state index in [1.807, 2.05) is 0 Å². The molecule has 17 heavy (non-hydrogen) atoms. The van der Waals surface area contributed by atoms with Crippen molar-refractivity contribution in [3.8, 4) is 12.3 Å². The summed E-state index contributed by atoms with van der Waals surface area (Å²) in [6.45, 7) is 2.34. The highest BCUT2D eigenvalue weighted by molar-refractivity contribution is 7.92. The molecule has 92 valence electrons. The summed E-state index contributed by atoms with van der Waals surface area (Å²) in [6.07, 6.45) is 5.07. The average Bonchev–Trinajstić information content (AvgIpc) is 2.29. The van der Waals surface area contributed by atoms with Gasteiger partial charge in [0.15, 0.2) is 9.84 Å². The van der Waals surface area contributed by atoms with Gasteiger partial charge in [-0.2, -0.15) is 0 Å². The molecule has 1 rings (SSSR count). The van der Waals surface area contributed by atoms with Gasteiger partial charge in [-0.15, -0.1) is 6.42 Å². The highest BCUT2D eigenvalue weighted by Crippen LogP contribution is 2.18. The maximum Gasteiger partial charge on any atom is 0.182 e. The molecule has 0 aliphatic heterocycles. The van der Waals surface area contributed by atoms with E-state index in [1.165, 1.54) is 12.1 Å². The SMILES string of the molecule is C#CCNCC(C)S(=O)(=O)c1ccc(Cl)cc1. The summed E-state index contributed by atoms with van der Waals surface area (Å²) >= 11 is 5.71. The maximum absolute atomic E-state index is 12.1. The van der Waals surface area contributed by atoms with Gasteiger partial charge in [-0.05, 0) is 31.2 Å². The molecule has 1 aromatic carbocycles. The van der Waals surface area contributed by atoms with Gasteiger partial charge >= 0.3 is 0 Å². The van der Waals surface area contributed by atoms with E-state index < -0.39 is 15.1 Å². The molecular weight excluding hydrogens is 258 g/mol. The highest BCUT2D eigenvalue weighted by Gasteiger charge is 2.22. The first-order chi connectivity index (χ1) is 7.98. The van der Waals surface area contributed by atoms with E-state index >= 15 is 0 Å². The van der Waals surface area contributed by atoms with Crippen molar-refractivity contribution in [1.29, 1.82) is 0 Å². The molecule has 1 unspecified atom stereocenters. The predicted octanol–water partition coefficient (Wildman–Crippen LogP) is 1.72. The van der Waals surface area contributed by atoms with Crippen molar-refractivity contribution in [2.24, 2.45) is 0 Å². The summed E-state index contributed by atoms with van der Waals surface area (Å²) in [5.74, 6) is 2.40. The number of hydrogen-bond donors (Lipinski definition) is 1. The quantitative estimate of drug-likeness (QED) is 0.655. The fourth-order valence-corrected chi connectivity index (χ4v) is 2.76. The molecule has 0 fully saturated rings. The first-order valence-electron chi connectivity index (χ1n) is 5.12. The Morgan fingerprint density at radius 3 is 2.53 bits per heavy atom. The Balaban J connectivity index is 2.81. The van der Waals surface area contributed by atoms with Crippen molar-refractivity contribution in [2.75, 3.05) is 13.1 Å². The van der Waals surface area contributed by atoms with Gasteiger partial charge in [-0.3, -0.25) is 0 Å². The largest absolute Gasteiger partial charge is 0.305 e. The van der Waals surface area contributed by atoms with E-state index in [4.69, 9.17) is 18.0 Å². The molecule has 0 aliphatic rings. The van der Waals surface area contributed by atoms with E-state index in [1.54, 1.807) is 19.1 Å². The second kappa shape index (κ2) is 6.06. The van der Waals surface area contributed by atoms with Gasteiger partial charge in [0, 0.05) is 11.6 Å². The lowest BCUT2D eigenvalue weighted by Gasteiger charge is -2.13. The standard InChI is InChI=1S/C12H14ClNO2S/c1-3-8-14-9-10(2)17(15,16)12-6-4-11(13)5-7-12/h1,4-7,10,14H,8-9H2,2H3. The molecule has 5 heteroatoms. The fourth-order valence-electron chi connectivity index (χ4n) is 1.31. The summed E-state index contributed by atoms with van der Waals surface area (Å²) in [7, 11) is -3.33. The van der Waals surface area contributed by atoms with Gasteiger partial charge in [-0.25, -0.2) is 8.42 Å². The van der Waals surface area contributed by atoms with E-state index in [0.717, 1.165) is 0 Å². The van der Waals surface area contributed by atoms with Gasteiger partial charge in [0.05, 0.1) is 16.7 Å². The smallest absolute Gasteiger partial charge is 0.182 e. The minimum Gasteiger partial charge on any atom is -0.305 e. The zero-order valence-electron chi connectivity index (χ0n) is 9.48. The number of rotatable bonds is 5. The van der Waals surface area contributed by atoms with Gasteiger partial charge in [-0.1, -0.05) is 17.5 Å². The van der Waals surface area contributed by atoms with E-state index in [-0.39, 0.29) is 4.90 Å². The Kier molecular flexibility index (Phi) is 5.01. The Bertz CT molecular complexity index is 502. The number of benzene rings is 1. The minimum atomic E-state index is -3.33. The van der Waals surface area contributed by atoms with Crippen LogP contribution in [0, 0.1) is 12.3 Å². The monoisotopic (exact) mass is 271 g/mol. The Morgan fingerprint density at radius 1 is 1.41 bits per heavy atom. The predicted molar refractivity (Wildman–Crippen MR) is 69.8 cm³/mol. The molecule has 0 heterocycles. The second-order valence-electron chi connectivity index (χ2n) is 3.64. The van der Waals surface area contributed by atoms with Crippen molar-refractivity contribution in [1.82, 2.24) is 5.32 Å². The second-order valence-corrected chi connectivity index (χ2v) is 6.45. The van der Waals surface area contributed by atoms with E-state index in [9.17, 15) is 8.42 Å². The fraction of sp³-hybridized carbons (Fsp3) is 0.333. The van der Waals surface area contributed by atoms with Crippen molar-refractivity contribution in [3.63, 3.8) is 0 Å². The third-order valence-electron chi connectivity index (χ3n) is 2.33. The maximum atomic E-state index is 12.1. The van der Waals surface area contributed by atoms with Crippen LogP contribution in [0.3, 0.4) is 0 Å². The van der Waals surface area contributed by atoms with Crippen LogP contribution < -0.4 is 5.32 Å². The Hall–Kier alpha value is -1.02. The molecule has 0 aliphatic carbocycles.